The molecular weight excluding hydrogens is 282 g/mol. The minimum atomic E-state index is -0.608. The van der Waals surface area contributed by atoms with E-state index in [9.17, 15) is 14.9 Å². The molecule has 2 rings (SSSR count). The lowest BCUT2D eigenvalue weighted by molar-refractivity contribution is -0.385. The first kappa shape index (κ1) is 14.5. The lowest BCUT2D eigenvalue weighted by Crippen LogP contribution is -2.25. The first-order valence-electron chi connectivity index (χ1n) is 6.34. The molecule has 0 radical (unpaired) electrons. The molecule has 0 atom stereocenters. The summed E-state index contributed by atoms with van der Waals surface area (Å²) < 4.78 is 0. The van der Waals surface area contributed by atoms with Crippen LogP contribution in [0.3, 0.4) is 0 Å². The third-order valence-electron chi connectivity index (χ3n) is 3.15. The molecule has 0 aliphatic heterocycles. The Labute approximate surface area is 121 Å². The number of nitrogens with one attached hydrogen (secondary N) is 1. The minimum absolute atomic E-state index is 0.0290. The molecule has 1 aliphatic carbocycles. The van der Waals surface area contributed by atoms with Crippen LogP contribution in [0.4, 0.5) is 5.69 Å². The molecule has 7 heteroatoms. The van der Waals surface area contributed by atoms with E-state index >= 15 is 0 Å². The van der Waals surface area contributed by atoms with Gasteiger partial charge < -0.3 is 5.32 Å². The summed E-state index contributed by atoms with van der Waals surface area (Å²) in [4.78, 5) is 25.6. The van der Waals surface area contributed by atoms with Gasteiger partial charge in [-0.3, -0.25) is 14.9 Å². The molecule has 1 aromatic heterocycles. The van der Waals surface area contributed by atoms with Crippen molar-refractivity contribution in [3.8, 4) is 0 Å². The van der Waals surface area contributed by atoms with Crippen LogP contribution in [0.1, 0.15) is 36.0 Å². The van der Waals surface area contributed by atoms with E-state index < -0.39 is 10.8 Å². The molecule has 6 nitrogen and oxygen atoms in total. The van der Waals surface area contributed by atoms with E-state index in [0.29, 0.717) is 6.54 Å². The van der Waals surface area contributed by atoms with Crippen molar-refractivity contribution in [1.29, 1.82) is 0 Å². The van der Waals surface area contributed by atoms with Crippen LogP contribution in [0.5, 0.6) is 0 Å². The van der Waals surface area contributed by atoms with Crippen molar-refractivity contribution < 1.29 is 9.72 Å². The SMILES string of the molecule is O=C(NCCC1=CCCC1)c1cc([N+](=O)[O-])cnc1Cl. The van der Waals surface area contributed by atoms with Crippen molar-refractivity contribution in [1.82, 2.24) is 10.3 Å². The van der Waals surface area contributed by atoms with Crippen LogP contribution in [0.25, 0.3) is 0 Å². The summed E-state index contributed by atoms with van der Waals surface area (Å²) in [6, 6.07) is 1.14. The van der Waals surface area contributed by atoms with Gasteiger partial charge in [0.25, 0.3) is 11.6 Å². The van der Waals surface area contributed by atoms with Crippen molar-refractivity contribution in [3.63, 3.8) is 0 Å². The van der Waals surface area contributed by atoms with Crippen LogP contribution in [0.2, 0.25) is 5.15 Å². The van der Waals surface area contributed by atoms with E-state index in [-0.39, 0.29) is 16.4 Å². The molecule has 0 saturated heterocycles. The van der Waals surface area contributed by atoms with Gasteiger partial charge in [0.05, 0.1) is 10.5 Å². The zero-order valence-electron chi connectivity index (χ0n) is 10.8. The van der Waals surface area contributed by atoms with Crippen LogP contribution in [-0.2, 0) is 0 Å². The summed E-state index contributed by atoms with van der Waals surface area (Å²) in [5.74, 6) is -0.440. The topological polar surface area (TPSA) is 85.1 Å². The van der Waals surface area contributed by atoms with Gasteiger partial charge in [0.1, 0.15) is 11.3 Å². The van der Waals surface area contributed by atoms with Gasteiger partial charge >= 0.3 is 0 Å². The molecular formula is C13H14ClN3O3. The molecule has 0 unspecified atom stereocenters. The highest BCUT2D eigenvalue weighted by Crippen LogP contribution is 2.21. The fourth-order valence-electron chi connectivity index (χ4n) is 2.09. The normalized spacial score (nSPS) is 13.9. The fourth-order valence-corrected chi connectivity index (χ4v) is 2.28. The lowest BCUT2D eigenvalue weighted by atomic mass is 10.1. The first-order chi connectivity index (χ1) is 9.58. The molecule has 20 heavy (non-hydrogen) atoms. The Hall–Kier alpha value is -1.95. The number of pyridine rings is 1. The van der Waals surface area contributed by atoms with Gasteiger partial charge in [0.15, 0.2) is 0 Å². The summed E-state index contributed by atoms with van der Waals surface area (Å²) in [5, 5.41) is 13.3. The van der Waals surface area contributed by atoms with Crippen LogP contribution < -0.4 is 5.32 Å². The Balaban J connectivity index is 1.97. The Kier molecular flexibility index (Phi) is 4.68. The molecule has 1 N–H and O–H groups in total. The second-order valence-electron chi connectivity index (χ2n) is 4.55. The number of carbonyl (C=O) groups excluding carboxylic acids is 1. The van der Waals surface area contributed by atoms with E-state index in [1.165, 1.54) is 12.0 Å². The number of nitro groups is 1. The van der Waals surface area contributed by atoms with Gasteiger partial charge in [0.2, 0.25) is 0 Å². The standard InChI is InChI=1S/C13H14ClN3O3/c14-12-11(7-10(8-16-12)17(19)20)13(18)15-6-5-9-3-1-2-4-9/h3,7-8H,1-2,4-6H2,(H,15,18). The zero-order chi connectivity index (χ0) is 14.5. The van der Waals surface area contributed by atoms with Gasteiger partial charge in [-0.1, -0.05) is 23.3 Å². The van der Waals surface area contributed by atoms with Crippen molar-refractivity contribution in [2.45, 2.75) is 25.7 Å². The molecule has 1 aromatic rings. The number of rotatable bonds is 5. The number of hydrogen-bond donors (Lipinski definition) is 1. The van der Waals surface area contributed by atoms with Gasteiger partial charge in [-0.25, -0.2) is 4.98 Å². The number of aromatic nitrogens is 1. The van der Waals surface area contributed by atoms with E-state index in [0.717, 1.165) is 31.5 Å². The molecule has 1 amide bonds. The predicted molar refractivity (Wildman–Crippen MR) is 74.8 cm³/mol. The van der Waals surface area contributed by atoms with Gasteiger partial charge in [-0.05, 0) is 25.7 Å². The van der Waals surface area contributed by atoms with E-state index in [2.05, 4.69) is 16.4 Å². The van der Waals surface area contributed by atoms with Crippen molar-refractivity contribution in [2.24, 2.45) is 0 Å². The molecule has 0 spiro atoms. The summed E-state index contributed by atoms with van der Waals surface area (Å²) in [6.07, 6.45) is 7.37. The van der Waals surface area contributed by atoms with E-state index in [1.807, 2.05) is 0 Å². The number of halogens is 1. The minimum Gasteiger partial charge on any atom is -0.352 e. The zero-order valence-corrected chi connectivity index (χ0v) is 11.5. The van der Waals surface area contributed by atoms with Crippen LogP contribution in [0, 0.1) is 10.1 Å². The van der Waals surface area contributed by atoms with Crippen molar-refractivity contribution in [3.05, 3.63) is 44.7 Å². The maximum absolute atomic E-state index is 11.9. The number of allylic oxidation sites excluding steroid dienone is 1. The highest BCUT2D eigenvalue weighted by molar-refractivity contribution is 6.32. The molecule has 0 saturated carbocycles. The maximum Gasteiger partial charge on any atom is 0.288 e. The molecule has 106 valence electrons. The highest BCUT2D eigenvalue weighted by Gasteiger charge is 2.17. The van der Waals surface area contributed by atoms with Crippen LogP contribution >= 0.6 is 11.6 Å². The number of carbonyl (C=O) groups is 1. The van der Waals surface area contributed by atoms with Crippen LogP contribution in [-0.4, -0.2) is 22.4 Å². The summed E-state index contributed by atoms with van der Waals surface area (Å²) in [6.45, 7) is 0.490. The molecule has 0 aromatic carbocycles. The highest BCUT2D eigenvalue weighted by atomic mass is 35.5. The number of hydrogen-bond acceptors (Lipinski definition) is 4. The van der Waals surface area contributed by atoms with E-state index in [1.54, 1.807) is 0 Å². The lowest BCUT2D eigenvalue weighted by Gasteiger charge is -2.06. The smallest absolute Gasteiger partial charge is 0.288 e. The second kappa shape index (κ2) is 6.47. The Morgan fingerprint density at radius 3 is 3.00 bits per heavy atom. The first-order valence-corrected chi connectivity index (χ1v) is 6.72. The Bertz CT molecular complexity index is 572. The van der Waals surface area contributed by atoms with Gasteiger partial charge in [-0.2, -0.15) is 0 Å². The van der Waals surface area contributed by atoms with Gasteiger partial charge in [0, 0.05) is 12.6 Å². The third kappa shape index (κ3) is 3.54. The number of nitrogens with zero attached hydrogens (tertiary/aromatic N) is 2. The molecule has 0 fully saturated rings. The fraction of sp³-hybridized carbons (Fsp3) is 0.385. The average molecular weight is 296 g/mol. The summed E-state index contributed by atoms with van der Waals surface area (Å²) in [7, 11) is 0. The summed E-state index contributed by atoms with van der Waals surface area (Å²) in [5.41, 5.74) is 1.12. The average Bonchev–Trinajstić information content (AvgIpc) is 2.92. The largest absolute Gasteiger partial charge is 0.352 e. The Morgan fingerprint density at radius 2 is 2.35 bits per heavy atom. The molecule has 0 bridgehead atoms. The van der Waals surface area contributed by atoms with Crippen molar-refractivity contribution >= 4 is 23.2 Å². The predicted octanol–water partition coefficient (Wildman–Crippen LogP) is 2.87. The quantitative estimate of drug-likeness (QED) is 0.392. The molecule has 1 heterocycles. The number of amides is 1. The third-order valence-corrected chi connectivity index (χ3v) is 3.45. The summed E-state index contributed by atoms with van der Waals surface area (Å²) >= 11 is 5.80. The monoisotopic (exact) mass is 295 g/mol. The van der Waals surface area contributed by atoms with Gasteiger partial charge in [-0.15, -0.1) is 0 Å². The van der Waals surface area contributed by atoms with E-state index in [4.69, 9.17) is 11.6 Å². The van der Waals surface area contributed by atoms with Crippen LogP contribution in [0.15, 0.2) is 23.9 Å². The molecule has 1 aliphatic rings. The second-order valence-corrected chi connectivity index (χ2v) is 4.91. The maximum atomic E-state index is 11.9. The Morgan fingerprint density at radius 1 is 1.55 bits per heavy atom. The van der Waals surface area contributed by atoms with Crippen molar-refractivity contribution in [2.75, 3.05) is 6.54 Å².